The highest BCUT2D eigenvalue weighted by molar-refractivity contribution is 5.78. The minimum absolute atomic E-state index is 0.0432. The summed E-state index contributed by atoms with van der Waals surface area (Å²) in [6.45, 7) is 0.353. The number of hydrogen-bond donors (Lipinski definition) is 4. The van der Waals surface area contributed by atoms with Crippen molar-refractivity contribution in [2.75, 3.05) is 5.73 Å². The molecule has 2 heterocycles. The lowest BCUT2D eigenvalue weighted by Crippen LogP contribution is -2.37. The third-order valence-electron chi connectivity index (χ3n) is 2.53. The van der Waals surface area contributed by atoms with Crippen LogP contribution in [-0.4, -0.2) is 55.4 Å². The predicted molar refractivity (Wildman–Crippen MR) is 75.5 cm³/mol. The standard InChI is InChI=1S/C8H9N5O2.2C2HF3O2/c9-7-6-8(11-3-10-7)13(4-12-6)2-1-5(14)15;2*3-2(4,5)1(6)7/h3-4H,1-2H2,(H3,9,10,11,14,15);2*(H,6,7). The second-order valence-corrected chi connectivity index (χ2v) is 4.66. The summed E-state index contributed by atoms with van der Waals surface area (Å²) in [5, 5.41) is 24.5. The summed E-state index contributed by atoms with van der Waals surface area (Å²) in [4.78, 5) is 38.8. The third-order valence-corrected chi connectivity index (χ3v) is 2.53. The number of aryl methyl sites for hydroxylation is 1. The van der Waals surface area contributed by atoms with Crippen molar-refractivity contribution in [2.45, 2.75) is 25.3 Å². The van der Waals surface area contributed by atoms with Gasteiger partial charge in [0.1, 0.15) is 5.97 Å². The van der Waals surface area contributed by atoms with Crippen LogP contribution in [0.2, 0.25) is 0 Å². The van der Waals surface area contributed by atoms with Gasteiger partial charge in [0.2, 0.25) is 5.52 Å². The van der Waals surface area contributed by atoms with Gasteiger partial charge in [0, 0.05) is 0 Å². The van der Waals surface area contributed by atoms with Crippen molar-refractivity contribution < 1.29 is 60.6 Å². The van der Waals surface area contributed by atoms with Crippen LogP contribution in [0.25, 0.3) is 11.2 Å². The molecule has 0 atom stereocenters. The Labute approximate surface area is 155 Å². The Balaban J connectivity index is 0.000000473. The van der Waals surface area contributed by atoms with Crippen molar-refractivity contribution in [1.29, 1.82) is 0 Å². The minimum Gasteiger partial charge on any atom is -0.542 e. The topological polar surface area (TPSA) is 186 Å². The Morgan fingerprint density at radius 1 is 1.10 bits per heavy atom. The molecule has 0 aromatic carbocycles. The molecule has 0 amide bonds. The van der Waals surface area contributed by atoms with Crippen molar-refractivity contribution in [1.82, 2.24) is 15.0 Å². The average molecular weight is 435 g/mol. The molecule has 0 fully saturated rings. The summed E-state index contributed by atoms with van der Waals surface area (Å²) in [5.74, 6) is -6.26. The number of hydrogen-bond acceptors (Lipinski definition) is 7. The lowest BCUT2D eigenvalue weighted by molar-refractivity contribution is -0.672. The summed E-state index contributed by atoms with van der Waals surface area (Å²) >= 11 is 0. The second-order valence-electron chi connectivity index (χ2n) is 4.66. The van der Waals surface area contributed by atoms with Gasteiger partial charge in [0.15, 0.2) is 18.5 Å². The van der Waals surface area contributed by atoms with E-state index in [1.165, 1.54) is 6.33 Å². The largest absolute Gasteiger partial charge is 0.542 e. The molecule has 2 rings (SSSR count). The number of carbonyl (C=O) groups is 3. The maximum Gasteiger partial charge on any atom is 0.490 e. The summed E-state index contributed by atoms with van der Waals surface area (Å²) in [5.41, 5.74) is 6.86. The van der Waals surface area contributed by atoms with Crippen molar-refractivity contribution in [2.24, 2.45) is 0 Å². The summed E-state index contributed by atoms with van der Waals surface area (Å²) < 4.78 is 65.0. The van der Waals surface area contributed by atoms with Crippen LogP contribution in [0.15, 0.2) is 12.7 Å². The highest BCUT2D eigenvalue weighted by Crippen LogP contribution is 2.13. The van der Waals surface area contributed by atoms with Gasteiger partial charge >= 0.3 is 29.9 Å². The smallest absolute Gasteiger partial charge is 0.490 e. The van der Waals surface area contributed by atoms with Crippen LogP contribution in [-0.2, 0) is 20.9 Å². The number of fused-ring (bicyclic) bond motifs is 1. The van der Waals surface area contributed by atoms with Crippen molar-refractivity contribution in [3.8, 4) is 0 Å². The lowest BCUT2D eigenvalue weighted by atomic mass is 10.4. The molecule has 0 aliphatic rings. The third kappa shape index (κ3) is 9.20. The van der Waals surface area contributed by atoms with E-state index >= 15 is 0 Å². The van der Waals surface area contributed by atoms with Crippen LogP contribution in [0, 0.1) is 0 Å². The zero-order valence-electron chi connectivity index (χ0n) is 13.8. The van der Waals surface area contributed by atoms with Crippen LogP contribution < -0.4 is 15.4 Å². The Bertz CT molecular complexity index is 841. The number of carboxylic acid groups (broad SMARTS) is 3. The first kappa shape index (κ1) is 25.3. The molecule has 0 unspecified atom stereocenters. The van der Waals surface area contributed by atoms with Crippen LogP contribution in [0.1, 0.15) is 6.42 Å². The number of rotatable bonds is 3. The number of nitrogens with zero attached hydrogens (tertiary/aromatic N) is 3. The second kappa shape index (κ2) is 10.0. The molecule has 162 valence electrons. The fourth-order valence-electron chi connectivity index (χ4n) is 1.34. The van der Waals surface area contributed by atoms with Crippen LogP contribution in [0.5, 0.6) is 0 Å². The van der Waals surface area contributed by atoms with Crippen molar-refractivity contribution >= 4 is 34.9 Å². The van der Waals surface area contributed by atoms with Crippen LogP contribution in [0.3, 0.4) is 0 Å². The molecular weight excluding hydrogens is 424 g/mol. The molecule has 0 saturated heterocycles. The monoisotopic (exact) mass is 435 g/mol. The van der Waals surface area contributed by atoms with E-state index in [9.17, 15) is 31.1 Å². The zero-order chi connectivity index (χ0) is 23.0. The first-order valence-corrected chi connectivity index (χ1v) is 6.84. The van der Waals surface area contributed by atoms with Crippen LogP contribution >= 0.6 is 0 Å². The van der Waals surface area contributed by atoms with E-state index in [1.54, 1.807) is 10.9 Å². The first-order valence-electron chi connectivity index (χ1n) is 6.84. The molecule has 0 aliphatic heterocycles. The number of alkyl halides is 6. The van der Waals surface area contributed by atoms with E-state index in [4.69, 9.17) is 30.6 Å². The average Bonchev–Trinajstić information content (AvgIpc) is 2.97. The predicted octanol–water partition coefficient (Wildman–Crippen LogP) is -0.766. The Morgan fingerprint density at radius 2 is 1.59 bits per heavy atom. The number of aromatic amines is 1. The molecule has 0 spiro atoms. The highest BCUT2D eigenvalue weighted by atomic mass is 19.4. The molecule has 0 saturated carbocycles. The van der Waals surface area contributed by atoms with E-state index in [0.717, 1.165) is 0 Å². The molecule has 5 N–H and O–H groups in total. The van der Waals surface area contributed by atoms with Gasteiger partial charge in [-0.3, -0.25) is 9.78 Å². The number of carboxylic acids is 3. The van der Waals surface area contributed by atoms with Gasteiger partial charge in [-0.25, -0.2) is 9.36 Å². The normalized spacial score (nSPS) is 11.0. The number of halogens is 6. The van der Waals surface area contributed by atoms with Gasteiger partial charge in [0.05, 0.1) is 13.0 Å². The lowest BCUT2D eigenvalue weighted by Gasteiger charge is -2.03. The Kier molecular flexibility index (Phi) is 8.77. The van der Waals surface area contributed by atoms with E-state index in [2.05, 4.69) is 15.0 Å². The molecule has 0 aliphatic carbocycles. The van der Waals surface area contributed by atoms with E-state index in [1.807, 2.05) is 0 Å². The Hall–Kier alpha value is -3.66. The highest BCUT2D eigenvalue weighted by Gasteiger charge is 2.38. The number of carbonyl (C=O) groups excluding carboxylic acids is 1. The number of nitrogens with two attached hydrogens (primary N) is 1. The molecule has 2 aromatic heterocycles. The maximum atomic E-state index is 10.6. The fraction of sp³-hybridized carbons (Fsp3) is 0.333. The van der Waals surface area contributed by atoms with Gasteiger partial charge in [-0.1, -0.05) is 4.98 Å². The molecule has 29 heavy (non-hydrogen) atoms. The van der Waals surface area contributed by atoms with Crippen LogP contribution in [0.4, 0.5) is 32.2 Å². The molecule has 0 bridgehead atoms. The van der Waals surface area contributed by atoms with E-state index in [-0.39, 0.29) is 6.42 Å². The maximum absolute atomic E-state index is 10.6. The van der Waals surface area contributed by atoms with Gasteiger partial charge in [-0.15, -0.1) is 0 Å². The number of anilines is 1. The minimum atomic E-state index is -5.19. The molecular formula is C12H11F6N5O6. The number of aliphatic carboxylic acids is 3. The summed E-state index contributed by atoms with van der Waals surface area (Å²) in [7, 11) is 0. The van der Waals surface area contributed by atoms with Gasteiger partial charge in [-0.2, -0.15) is 31.3 Å². The molecule has 17 heteroatoms. The van der Waals surface area contributed by atoms with Gasteiger partial charge < -0.3 is 25.8 Å². The fourth-order valence-corrected chi connectivity index (χ4v) is 1.34. The molecule has 2 aromatic rings. The molecule has 0 radical (unpaired) electrons. The first-order chi connectivity index (χ1) is 13.1. The van der Waals surface area contributed by atoms with Crippen molar-refractivity contribution in [3.63, 3.8) is 0 Å². The number of nitrogens with one attached hydrogen (secondary N) is 1. The van der Waals surface area contributed by atoms with Gasteiger partial charge in [-0.05, 0) is 0 Å². The Morgan fingerprint density at radius 3 is 1.97 bits per heavy atom. The zero-order valence-corrected chi connectivity index (χ0v) is 13.8. The molecule has 11 nitrogen and oxygen atoms in total. The summed E-state index contributed by atoms with van der Waals surface area (Å²) in [6, 6.07) is 0. The van der Waals surface area contributed by atoms with Crippen molar-refractivity contribution in [3.05, 3.63) is 12.7 Å². The quantitative estimate of drug-likeness (QED) is 0.355. The van der Waals surface area contributed by atoms with E-state index < -0.39 is 30.3 Å². The van der Waals surface area contributed by atoms with E-state index in [0.29, 0.717) is 23.5 Å². The number of aromatic nitrogens is 4. The number of nitrogen functional groups attached to an aromatic ring is 1. The summed E-state index contributed by atoms with van der Waals surface area (Å²) in [6.07, 6.45) is -7.25. The van der Waals surface area contributed by atoms with Gasteiger partial charge in [0.25, 0.3) is 0 Å². The number of H-pyrrole nitrogens is 1. The SMILES string of the molecule is Nc1ncnc2c1[nH]c[n+]2CCC(=O)O.O=C(O)C(F)(F)F.O=C([O-])C(F)(F)F. The number of imidazole rings is 1.